The smallest absolute Gasteiger partial charge is 0.280 e. The summed E-state index contributed by atoms with van der Waals surface area (Å²) in [5, 5.41) is 8.27. The molecular formula is C21H23N5O3. The van der Waals surface area contributed by atoms with Crippen molar-refractivity contribution >= 4 is 5.91 Å². The van der Waals surface area contributed by atoms with E-state index in [1.807, 2.05) is 37.9 Å². The summed E-state index contributed by atoms with van der Waals surface area (Å²) in [5.74, 6) is 2.35. The van der Waals surface area contributed by atoms with Gasteiger partial charge in [0.05, 0.1) is 0 Å². The maximum absolute atomic E-state index is 12.4. The Hall–Kier alpha value is -3.03. The molecule has 0 bridgehead atoms. The number of aromatic nitrogens is 4. The van der Waals surface area contributed by atoms with Gasteiger partial charge in [0.1, 0.15) is 5.76 Å². The van der Waals surface area contributed by atoms with Crippen molar-refractivity contribution < 1.29 is 13.8 Å². The van der Waals surface area contributed by atoms with Crippen LogP contribution in [0.5, 0.6) is 0 Å². The number of aryl methyl sites for hydroxylation is 1. The zero-order valence-corrected chi connectivity index (χ0v) is 16.8. The second kappa shape index (κ2) is 6.79. The molecule has 150 valence electrons. The van der Waals surface area contributed by atoms with E-state index in [1.165, 1.54) is 0 Å². The van der Waals surface area contributed by atoms with Crippen molar-refractivity contribution in [1.29, 1.82) is 0 Å². The van der Waals surface area contributed by atoms with Crippen molar-refractivity contribution in [2.75, 3.05) is 6.54 Å². The molecule has 3 aromatic rings. The van der Waals surface area contributed by atoms with E-state index in [2.05, 4.69) is 20.3 Å². The summed E-state index contributed by atoms with van der Waals surface area (Å²) in [6, 6.07) is 1.88. The van der Waals surface area contributed by atoms with E-state index in [1.54, 1.807) is 0 Å². The van der Waals surface area contributed by atoms with Crippen molar-refractivity contribution in [3.05, 3.63) is 34.8 Å². The van der Waals surface area contributed by atoms with E-state index in [0.29, 0.717) is 36.4 Å². The number of amides is 1. The summed E-state index contributed by atoms with van der Waals surface area (Å²) in [6.07, 6.45) is 4.88. The molecular weight excluding hydrogens is 370 g/mol. The van der Waals surface area contributed by atoms with Crippen LogP contribution in [0.25, 0.3) is 23.0 Å². The van der Waals surface area contributed by atoms with Gasteiger partial charge in [-0.2, -0.15) is 4.98 Å². The van der Waals surface area contributed by atoms with Crippen molar-refractivity contribution in [3.8, 4) is 23.0 Å². The fourth-order valence-corrected chi connectivity index (χ4v) is 3.88. The summed E-state index contributed by atoms with van der Waals surface area (Å²) >= 11 is 0. The van der Waals surface area contributed by atoms with Crippen LogP contribution in [0, 0.1) is 12.8 Å². The molecule has 8 heteroatoms. The standard InChI is InChI=1S/C21H23N5O3/c1-11(2)21(27)26-7-6-15-14(10-26)9-22-12(3)18(15)19-23-20(29-25-19)16-8-17(28-24-16)13-4-5-13/h8-9,11,13H,4-7,10H2,1-3H3. The van der Waals surface area contributed by atoms with E-state index < -0.39 is 0 Å². The molecule has 0 saturated heterocycles. The molecule has 2 aliphatic rings. The Morgan fingerprint density at radius 2 is 2.07 bits per heavy atom. The van der Waals surface area contributed by atoms with Gasteiger partial charge < -0.3 is 13.9 Å². The molecule has 1 aliphatic carbocycles. The Balaban J connectivity index is 1.47. The monoisotopic (exact) mass is 393 g/mol. The van der Waals surface area contributed by atoms with E-state index in [-0.39, 0.29) is 11.8 Å². The molecule has 0 N–H and O–H groups in total. The van der Waals surface area contributed by atoms with Gasteiger partial charge in [0, 0.05) is 48.4 Å². The molecule has 4 heterocycles. The summed E-state index contributed by atoms with van der Waals surface area (Å²) < 4.78 is 10.9. The first-order chi connectivity index (χ1) is 14.0. The lowest BCUT2D eigenvalue weighted by Gasteiger charge is -2.31. The van der Waals surface area contributed by atoms with Crippen LogP contribution in [0.2, 0.25) is 0 Å². The zero-order valence-electron chi connectivity index (χ0n) is 16.8. The van der Waals surface area contributed by atoms with Crippen molar-refractivity contribution in [2.24, 2.45) is 5.92 Å². The minimum Gasteiger partial charge on any atom is -0.360 e. The van der Waals surface area contributed by atoms with Crippen LogP contribution in [0.4, 0.5) is 0 Å². The molecule has 0 unspecified atom stereocenters. The average Bonchev–Trinajstić information content (AvgIpc) is 3.25. The summed E-state index contributed by atoms with van der Waals surface area (Å²) in [4.78, 5) is 23.4. The first-order valence-electron chi connectivity index (χ1n) is 10.1. The number of hydrogen-bond acceptors (Lipinski definition) is 7. The summed E-state index contributed by atoms with van der Waals surface area (Å²) in [5.41, 5.74) is 4.47. The highest BCUT2D eigenvalue weighted by molar-refractivity contribution is 5.79. The third kappa shape index (κ3) is 3.22. The zero-order chi connectivity index (χ0) is 20.1. The van der Waals surface area contributed by atoms with Gasteiger partial charge >= 0.3 is 0 Å². The highest BCUT2D eigenvalue weighted by Gasteiger charge is 2.30. The minimum atomic E-state index is -0.0165. The number of pyridine rings is 1. The molecule has 1 amide bonds. The fraction of sp³-hybridized carbons (Fsp3) is 0.476. The van der Waals surface area contributed by atoms with Gasteiger partial charge in [-0.25, -0.2) is 0 Å². The van der Waals surface area contributed by atoms with Gasteiger partial charge in [-0.05, 0) is 37.3 Å². The Morgan fingerprint density at radius 3 is 2.83 bits per heavy atom. The molecule has 0 radical (unpaired) electrons. The number of rotatable bonds is 4. The quantitative estimate of drug-likeness (QED) is 0.669. The third-order valence-electron chi connectivity index (χ3n) is 5.64. The third-order valence-corrected chi connectivity index (χ3v) is 5.64. The van der Waals surface area contributed by atoms with Crippen LogP contribution in [-0.4, -0.2) is 37.6 Å². The Bertz CT molecular complexity index is 1080. The fourth-order valence-electron chi connectivity index (χ4n) is 3.88. The molecule has 3 aromatic heterocycles. The molecule has 0 atom stereocenters. The predicted molar refractivity (Wildman–Crippen MR) is 104 cm³/mol. The highest BCUT2D eigenvalue weighted by Crippen LogP contribution is 2.41. The number of fused-ring (bicyclic) bond motifs is 1. The first-order valence-corrected chi connectivity index (χ1v) is 10.1. The van der Waals surface area contributed by atoms with E-state index in [4.69, 9.17) is 9.05 Å². The molecule has 0 spiro atoms. The predicted octanol–water partition coefficient (Wildman–Crippen LogP) is 3.51. The normalized spacial score (nSPS) is 16.3. The Morgan fingerprint density at radius 1 is 1.24 bits per heavy atom. The lowest BCUT2D eigenvalue weighted by molar-refractivity contribution is -0.135. The van der Waals surface area contributed by atoms with Gasteiger partial charge in [-0.1, -0.05) is 24.2 Å². The van der Waals surface area contributed by atoms with E-state index in [0.717, 1.165) is 47.4 Å². The van der Waals surface area contributed by atoms with E-state index >= 15 is 0 Å². The largest absolute Gasteiger partial charge is 0.360 e. The SMILES string of the molecule is Cc1ncc2c(c1-c1noc(-c3cc(C4CC4)on3)n1)CCN(C(=O)C(C)C)C2. The minimum absolute atomic E-state index is 0.0165. The van der Waals surface area contributed by atoms with Crippen LogP contribution in [0.15, 0.2) is 21.3 Å². The van der Waals surface area contributed by atoms with Crippen molar-refractivity contribution in [1.82, 2.24) is 25.2 Å². The van der Waals surface area contributed by atoms with Crippen LogP contribution < -0.4 is 0 Å². The Kier molecular flexibility index (Phi) is 4.22. The van der Waals surface area contributed by atoms with Gasteiger partial charge in [-0.15, -0.1) is 0 Å². The average molecular weight is 393 g/mol. The van der Waals surface area contributed by atoms with Gasteiger partial charge in [0.25, 0.3) is 5.89 Å². The highest BCUT2D eigenvalue weighted by atomic mass is 16.5. The number of carbonyl (C=O) groups excluding carboxylic acids is 1. The molecule has 1 aliphatic heterocycles. The van der Waals surface area contributed by atoms with Crippen LogP contribution in [0.1, 0.15) is 55.2 Å². The first kappa shape index (κ1) is 18.0. The summed E-state index contributed by atoms with van der Waals surface area (Å²) in [7, 11) is 0. The maximum Gasteiger partial charge on any atom is 0.280 e. The van der Waals surface area contributed by atoms with Crippen LogP contribution >= 0.6 is 0 Å². The van der Waals surface area contributed by atoms with Crippen LogP contribution in [-0.2, 0) is 17.8 Å². The lowest BCUT2D eigenvalue weighted by Crippen LogP contribution is -2.38. The number of nitrogens with zero attached hydrogens (tertiary/aromatic N) is 5. The molecule has 8 nitrogen and oxygen atoms in total. The van der Waals surface area contributed by atoms with Crippen molar-refractivity contribution in [3.63, 3.8) is 0 Å². The number of carbonyl (C=O) groups is 1. The molecule has 5 rings (SSSR count). The summed E-state index contributed by atoms with van der Waals surface area (Å²) in [6.45, 7) is 7.04. The Labute approximate surface area is 168 Å². The van der Waals surface area contributed by atoms with Crippen LogP contribution in [0.3, 0.4) is 0 Å². The molecule has 0 aromatic carbocycles. The van der Waals surface area contributed by atoms with Gasteiger partial charge in [-0.3, -0.25) is 9.78 Å². The lowest BCUT2D eigenvalue weighted by atomic mass is 9.94. The van der Waals surface area contributed by atoms with Crippen molar-refractivity contribution in [2.45, 2.75) is 52.5 Å². The molecule has 29 heavy (non-hydrogen) atoms. The number of hydrogen-bond donors (Lipinski definition) is 0. The topological polar surface area (TPSA) is 98.2 Å². The molecule has 1 saturated carbocycles. The molecule has 1 fully saturated rings. The second-order valence-electron chi connectivity index (χ2n) is 8.20. The second-order valence-corrected chi connectivity index (χ2v) is 8.20. The van der Waals surface area contributed by atoms with Gasteiger partial charge in [0.2, 0.25) is 11.7 Å². The maximum atomic E-state index is 12.4. The van der Waals surface area contributed by atoms with Gasteiger partial charge in [0.15, 0.2) is 5.69 Å². The van der Waals surface area contributed by atoms with E-state index in [9.17, 15) is 4.79 Å².